The van der Waals surface area contributed by atoms with Gasteiger partial charge < -0.3 is 10.6 Å². The molecule has 1 aromatic heterocycles. The van der Waals surface area contributed by atoms with Gasteiger partial charge in [0.2, 0.25) is 11.0 Å². The largest absolute Gasteiger partial charge is 0.369 e. The molecule has 2 N–H and O–H groups in total. The van der Waals surface area contributed by atoms with E-state index in [0.717, 1.165) is 35.7 Å². The molecule has 0 unspecified atom stereocenters. The molecule has 0 aliphatic rings. The van der Waals surface area contributed by atoms with Crippen molar-refractivity contribution in [3.8, 4) is 16.9 Å². The number of halogens is 2. The minimum atomic E-state index is 0.273. The first-order valence-corrected chi connectivity index (χ1v) is 9.01. The van der Waals surface area contributed by atoms with E-state index in [1.807, 2.05) is 54.6 Å². The highest BCUT2D eigenvalue weighted by atomic mass is 35.5. The fraction of sp³-hybridized carbons (Fsp3) is 0.222. The van der Waals surface area contributed by atoms with Crippen LogP contribution in [0.4, 0.5) is 11.6 Å². The molecule has 0 saturated carbocycles. The van der Waals surface area contributed by atoms with Gasteiger partial charge in [0.15, 0.2) is 0 Å². The molecule has 3 rings (SSSR count). The van der Waals surface area contributed by atoms with Crippen LogP contribution in [0.2, 0.25) is 0 Å². The van der Waals surface area contributed by atoms with Gasteiger partial charge in [0.25, 0.3) is 0 Å². The molecule has 0 spiro atoms. The van der Waals surface area contributed by atoms with E-state index in [1.165, 1.54) is 0 Å². The Morgan fingerprint density at radius 3 is 2.20 bits per heavy atom. The maximum absolute atomic E-state index is 6.01. The maximum atomic E-state index is 6.01. The highest BCUT2D eigenvalue weighted by molar-refractivity contribution is 6.18. The number of nitrogens with zero attached hydrogens (tertiary/aromatic N) is 3. The molecule has 0 aliphatic carbocycles. The molecule has 25 heavy (non-hydrogen) atoms. The zero-order chi connectivity index (χ0) is 17.6. The van der Waals surface area contributed by atoms with Crippen molar-refractivity contribution < 1.29 is 9.20 Å². The third-order valence-electron chi connectivity index (χ3n) is 3.88. The highest BCUT2D eigenvalue weighted by Gasteiger charge is 2.26. The number of hydrogen-bond donors (Lipinski definition) is 1. The summed E-state index contributed by atoms with van der Waals surface area (Å²) < 4.78 is 6.90. The Hall–Kier alpha value is -2.24. The molecule has 0 aliphatic heterocycles. The van der Waals surface area contributed by atoms with Gasteiger partial charge in [-0.05, 0) is 28.9 Å². The summed E-state index contributed by atoms with van der Waals surface area (Å²) in [4.78, 5) is 2.14. The van der Waals surface area contributed by atoms with Crippen molar-refractivity contribution in [2.24, 2.45) is 0 Å². The molecular formula is C18H19Cl2N4O+. The van der Waals surface area contributed by atoms with Gasteiger partial charge in [-0.1, -0.05) is 18.2 Å². The first-order valence-electron chi connectivity index (χ1n) is 7.95. The van der Waals surface area contributed by atoms with E-state index in [2.05, 4.69) is 10.2 Å². The Morgan fingerprint density at radius 1 is 0.960 bits per heavy atom. The van der Waals surface area contributed by atoms with Crippen molar-refractivity contribution in [2.75, 3.05) is 35.5 Å². The monoisotopic (exact) mass is 377 g/mol. The van der Waals surface area contributed by atoms with Gasteiger partial charge >= 0.3 is 11.6 Å². The minimum Gasteiger partial charge on any atom is -0.369 e. The molecule has 130 valence electrons. The number of nitrogen functional groups attached to an aromatic ring is 1. The van der Waals surface area contributed by atoms with E-state index in [0.29, 0.717) is 11.8 Å². The lowest BCUT2D eigenvalue weighted by molar-refractivity contribution is -0.660. The second-order valence-electron chi connectivity index (χ2n) is 5.45. The van der Waals surface area contributed by atoms with Crippen molar-refractivity contribution >= 4 is 34.8 Å². The van der Waals surface area contributed by atoms with Gasteiger partial charge in [0.05, 0.1) is 5.56 Å². The van der Waals surface area contributed by atoms with Crippen LogP contribution in [0.5, 0.6) is 0 Å². The Balaban J connectivity index is 1.94. The van der Waals surface area contributed by atoms with E-state index in [4.69, 9.17) is 33.5 Å². The molecule has 5 nitrogen and oxygen atoms in total. The predicted molar refractivity (Wildman–Crippen MR) is 102 cm³/mol. The second-order valence-corrected chi connectivity index (χ2v) is 6.20. The molecule has 0 saturated heterocycles. The Bertz CT molecular complexity index is 800. The first-order chi connectivity index (χ1) is 12.2. The van der Waals surface area contributed by atoms with E-state index in [9.17, 15) is 0 Å². The molecule has 0 bridgehead atoms. The molecular weight excluding hydrogens is 359 g/mol. The van der Waals surface area contributed by atoms with Crippen LogP contribution >= 0.6 is 23.2 Å². The van der Waals surface area contributed by atoms with E-state index >= 15 is 0 Å². The third kappa shape index (κ3) is 3.89. The number of aromatic nitrogens is 2. The fourth-order valence-electron chi connectivity index (χ4n) is 2.69. The zero-order valence-electron chi connectivity index (χ0n) is 13.6. The number of benzene rings is 2. The van der Waals surface area contributed by atoms with Crippen LogP contribution in [0.3, 0.4) is 0 Å². The quantitative estimate of drug-likeness (QED) is 0.505. The lowest BCUT2D eigenvalue weighted by atomic mass is 10.1. The van der Waals surface area contributed by atoms with Crippen LogP contribution in [0.1, 0.15) is 0 Å². The lowest BCUT2D eigenvalue weighted by Crippen LogP contribution is -2.34. The summed E-state index contributed by atoms with van der Waals surface area (Å²) in [5, 5.41) is 4.05. The van der Waals surface area contributed by atoms with Gasteiger partial charge in [-0.15, -0.1) is 23.2 Å². The summed E-state index contributed by atoms with van der Waals surface area (Å²) in [7, 11) is 0. The molecule has 3 aromatic rings. The number of anilines is 2. The SMILES string of the molecule is Nc1on[n+](-c2ccccc2)c1-c1ccc(N(CCCl)CCCl)cc1. The van der Waals surface area contributed by atoms with Crippen molar-refractivity contribution in [1.29, 1.82) is 0 Å². The van der Waals surface area contributed by atoms with Crippen LogP contribution in [-0.4, -0.2) is 30.1 Å². The van der Waals surface area contributed by atoms with Crippen LogP contribution < -0.4 is 15.3 Å². The Labute approximate surface area is 156 Å². The van der Waals surface area contributed by atoms with Crippen molar-refractivity contribution in [3.63, 3.8) is 0 Å². The molecule has 0 atom stereocenters. The van der Waals surface area contributed by atoms with Gasteiger partial charge in [-0.2, -0.15) is 0 Å². The average Bonchev–Trinajstić information content (AvgIpc) is 3.04. The smallest absolute Gasteiger partial charge is 0.311 e. The molecule has 1 heterocycles. The summed E-state index contributed by atoms with van der Waals surface area (Å²) in [5.74, 6) is 1.37. The zero-order valence-corrected chi connectivity index (χ0v) is 15.1. The number of nitrogens with two attached hydrogens (primary N) is 1. The fourth-order valence-corrected chi connectivity index (χ4v) is 3.10. The van der Waals surface area contributed by atoms with Crippen LogP contribution in [0, 0.1) is 0 Å². The Kier molecular flexibility index (Phi) is 5.79. The molecule has 0 amide bonds. The highest BCUT2D eigenvalue weighted by Crippen LogP contribution is 2.26. The lowest BCUT2D eigenvalue weighted by Gasteiger charge is -2.22. The van der Waals surface area contributed by atoms with Gasteiger partial charge in [-0.25, -0.2) is 0 Å². The summed E-state index contributed by atoms with van der Waals surface area (Å²) >= 11 is 11.8. The number of hydrogen-bond acceptors (Lipinski definition) is 4. The van der Waals surface area contributed by atoms with E-state index in [1.54, 1.807) is 4.68 Å². The average molecular weight is 378 g/mol. The summed E-state index contributed by atoms with van der Waals surface area (Å²) in [6.07, 6.45) is 0. The molecule has 0 fully saturated rings. The number of para-hydroxylation sites is 1. The minimum absolute atomic E-state index is 0.273. The summed E-state index contributed by atoms with van der Waals surface area (Å²) in [6.45, 7) is 1.49. The standard InChI is InChI=1S/C18H19Cl2N4O/c19-10-12-23(13-11-20)15-8-6-14(7-9-15)17-18(21)25-22-24(17)16-4-2-1-3-5-16/h1-9H,10-13,21H2/q+1. The summed E-state index contributed by atoms with van der Waals surface area (Å²) in [6, 6.07) is 17.8. The van der Waals surface area contributed by atoms with E-state index in [-0.39, 0.29) is 5.88 Å². The van der Waals surface area contributed by atoms with Crippen LogP contribution in [0.15, 0.2) is 59.1 Å². The number of rotatable bonds is 7. The maximum Gasteiger partial charge on any atom is 0.311 e. The summed E-state index contributed by atoms with van der Waals surface area (Å²) in [5.41, 5.74) is 9.59. The topological polar surface area (TPSA) is 59.2 Å². The first kappa shape index (κ1) is 17.6. The molecule has 7 heteroatoms. The van der Waals surface area contributed by atoms with Gasteiger partial charge in [-0.3, -0.25) is 4.52 Å². The molecule has 2 aromatic carbocycles. The van der Waals surface area contributed by atoms with Gasteiger partial charge in [0, 0.05) is 42.7 Å². The van der Waals surface area contributed by atoms with Gasteiger partial charge in [0.1, 0.15) is 0 Å². The second kappa shape index (κ2) is 8.23. The van der Waals surface area contributed by atoms with Crippen molar-refractivity contribution in [1.82, 2.24) is 5.27 Å². The van der Waals surface area contributed by atoms with Crippen LogP contribution in [-0.2, 0) is 0 Å². The predicted octanol–water partition coefficient (Wildman–Crippen LogP) is 3.48. The van der Waals surface area contributed by atoms with Crippen LogP contribution in [0.25, 0.3) is 16.9 Å². The van der Waals surface area contributed by atoms with Crippen molar-refractivity contribution in [3.05, 3.63) is 54.6 Å². The molecule has 0 radical (unpaired) electrons. The number of alkyl halides is 2. The normalized spacial score (nSPS) is 10.8. The third-order valence-corrected chi connectivity index (χ3v) is 4.22. The van der Waals surface area contributed by atoms with E-state index < -0.39 is 0 Å². The Morgan fingerprint density at radius 2 is 1.60 bits per heavy atom. The van der Waals surface area contributed by atoms with Crippen molar-refractivity contribution in [2.45, 2.75) is 0 Å².